The van der Waals surface area contributed by atoms with Crippen molar-refractivity contribution >= 4 is 0 Å². The maximum absolute atomic E-state index is 6.29. The highest BCUT2D eigenvalue weighted by Crippen LogP contribution is 2.20. The lowest BCUT2D eigenvalue weighted by Crippen LogP contribution is -2.14. The van der Waals surface area contributed by atoms with E-state index in [9.17, 15) is 0 Å². The normalized spacial score (nSPS) is 12.7. The molecule has 0 aliphatic carbocycles. The molecule has 0 aliphatic rings. The van der Waals surface area contributed by atoms with Crippen molar-refractivity contribution in [1.29, 1.82) is 0 Å². The molecule has 1 aromatic heterocycles. The van der Waals surface area contributed by atoms with Crippen molar-refractivity contribution in [2.75, 3.05) is 0 Å². The van der Waals surface area contributed by atoms with Crippen LogP contribution in [0.3, 0.4) is 0 Å². The molecule has 0 saturated heterocycles. The zero-order chi connectivity index (χ0) is 13.1. The van der Waals surface area contributed by atoms with E-state index in [1.54, 1.807) is 0 Å². The number of hydrogen-bond acceptors (Lipinski definition) is 2. The number of nitrogens with zero attached hydrogens (tertiary/aromatic N) is 2. The van der Waals surface area contributed by atoms with Crippen molar-refractivity contribution < 1.29 is 0 Å². The molecule has 0 fully saturated rings. The number of aryl methyl sites for hydroxylation is 3. The second-order valence-electron chi connectivity index (χ2n) is 4.87. The minimum atomic E-state index is 0.0418. The Balaban J connectivity index is 2.13. The van der Waals surface area contributed by atoms with Gasteiger partial charge in [0.2, 0.25) is 0 Å². The topological polar surface area (TPSA) is 43.8 Å². The maximum Gasteiger partial charge on any atom is 0.0522 e. The van der Waals surface area contributed by atoms with Gasteiger partial charge in [-0.1, -0.05) is 23.8 Å². The van der Waals surface area contributed by atoms with Crippen molar-refractivity contribution in [3.8, 4) is 0 Å². The Morgan fingerprint density at radius 1 is 1.33 bits per heavy atom. The molecule has 1 unspecified atom stereocenters. The van der Waals surface area contributed by atoms with Gasteiger partial charge in [-0.05, 0) is 43.9 Å². The van der Waals surface area contributed by atoms with Gasteiger partial charge in [0, 0.05) is 18.8 Å². The molecule has 0 bridgehead atoms. The summed E-state index contributed by atoms with van der Waals surface area (Å²) in [6, 6.07) is 6.49. The summed E-state index contributed by atoms with van der Waals surface area (Å²) in [5.74, 6) is 0. The van der Waals surface area contributed by atoms with Gasteiger partial charge in [-0.15, -0.1) is 0 Å². The molecule has 2 N–H and O–H groups in total. The molecular formula is C15H21N3. The van der Waals surface area contributed by atoms with Gasteiger partial charge in [-0.2, -0.15) is 5.10 Å². The van der Waals surface area contributed by atoms with Gasteiger partial charge in [0.1, 0.15) is 0 Å². The maximum atomic E-state index is 6.29. The number of benzene rings is 1. The quantitative estimate of drug-likeness (QED) is 0.897. The number of hydrogen-bond donors (Lipinski definition) is 1. The average Bonchev–Trinajstić information content (AvgIpc) is 2.76. The van der Waals surface area contributed by atoms with E-state index in [2.05, 4.69) is 50.3 Å². The summed E-state index contributed by atoms with van der Waals surface area (Å²) in [4.78, 5) is 0. The van der Waals surface area contributed by atoms with E-state index in [0.717, 1.165) is 13.0 Å². The van der Waals surface area contributed by atoms with E-state index in [1.807, 2.05) is 10.9 Å². The Hall–Kier alpha value is -1.61. The molecule has 0 radical (unpaired) electrons. The molecule has 1 aromatic carbocycles. The summed E-state index contributed by atoms with van der Waals surface area (Å²) >= 11 is 0. The van der Waals surface area contributed by atoms with Crippen LogP contribution in [0.1, 0.15) is 35.2 Å². The number of nitrogens with two attached hydrogens (primary N) is 1. The van der Waals surface area contributed by atoms with Crippen LogP contribution in [0.15, 0.2) is 30.6 Å². The molecule has 0 aliphatic heterocycles. The van der Waals surface area contributed by atoms with E-state index in [0.29, 0.717) is 0 Å². The highest BCUT2D eigenvalue weighted by molar-refractivity contribution is 5.33. The van der Waals surface area contributed by atoms with Gasteiger partial charge in [-0.3, -0.25) is 4.68 Å². The van der Waals surface area contributed by atoms with Crippen molar-refractivity contribution in [2.45, 2.75) is 39.8 Å². The van der Waals surface area contributed by atoms with Crippen LogP contribution in [0.4, 0.5) is 0 Å². The lowest BCUT2D eigenvalue weighted by molar-refractivity contribution is 0.657. The third-order valence-electron chi connectivity index (χ3n) is 3.29. The summed E-state index contributed by atoms with van der Waals surface area (Å²) in [6.45, 7) is 7.21. The minimum absolute atomic E-state index is 0.0418. The highest BCUT2D eigenvalue weighted by Gasteiger charge is 2.11. The van der Waals surface area contributed by atoms with Gasteiger partial charge >= 0.3 is 0 Å². The molecule has 3 heteroatoms. The largest absolute Gasteiger partial charge is 0.324 e. The Labute approximate surface area is 109 Å². The van der Waals surface area contributed by atoms with Gasteiger partial charge in [0.25, 0.3) is 0 Å². The van der Waals surface area contributed by atoms with Crippen LogP contribution in [0.2, 0.25) is 0 Å². The van der Waals surface area contributed by atoms with E-state index in [4.69, 9.17) is 5.73 Å². The summed E-state index contributed by atoms with van der Waals surface area (Å²) in [6.07, 6.45) is 4.82. The summed E-state index contributed by atoms with van der Waals surface area (Å²) in [5, 5.41) is 4.28. The number of aromatic nitrogens is 2. The fourth-order valence-corrected chi connectivity index (χ4v) is 2.29. The summed E-state index contributed by atoms with van der Waals surface area (Å²) in [7, 11) is 0. The first-order chi connectivity index (χ1) is 8.60. The Morgan fingerprint density at radius 2 is 2.11 bits per heavy atom. The van der Waals surface area contributed by atoms with Crippen molar-refractivity contribution in [1.82, 2.24) is 9.78 Å². The van der Waals surface area contributed by atoms with Crippen LogP contribution in [0, 0.1) is 13.8 Å². The van der Waals surface area contributed by atoms with Gasteiger partial charge < -0.3 is 5.73 Å². The summed E-state index contributed by atoms with van der Waals surface area (Å²) < 4.78 is 1.93. The fourth-order valence-electron chi connectivity index (χ4n) is 2.29. The van der Waals surface area contributed by atoms with Crippen molar-refractivity contribution in [3.05, 3.63) is 52.8 Å². The summed E-state index contributed by atoms with van der Waals surface area (Å²) in [5.41, 5.74) is 11.3. The first kappa shape index (κ1) is 12.8. The molecule has 1 heterocycles. The molecule has 18 heavy (non-hydrogen) atoms. The van der Waals surface area contributed by atoms with Crippen LogP contribution in [0.5, 0.6) is 0 Å². The van der Waals surface area contributed by atoms with E-state index in [1.165, 1.54) is 22.3 Å². The van der Waals surface area contributed by atoms with Gasteiger partial charge in [0.05, 0.1) is 6.20 Å². The van der Waals surface area contributed by atoms with E-state index < -0.39 is 0 Å². The van der Waals surface area contributed by atoms with Gasteiger partial charge in [-0.25, -0.2) is 0 Å². The fraction of sp³-hybridized carbons (Fsp3) is 0.400. The molecular weight excluding hydrogens is 222 g/mol. The number of rotatable bonds is 4. The van der Waals surface area contributed by atoms with Crippen LogP contribution in [-0.2, 0) is 13.0 Å². The first-order valence-corrected chi connectivity index (χ1v) is 6.44. The zero-order valence-electron chi connectivity index (χ0n) is 11.4. The molecule has 96 valence electrons. The molecule has 2 aromatic rings. The second kappa shape index (κ2) is 5.36. The lowest BCUT2D eigenvalue weighted by Gasteiger charge is -2.14. The van der Waals surface area contributed by atoms with E-state index in [-0.39, 0.29) is 6.04 Å². The Bertz CT molecular complexity index is 528. The third kappa shape index (κ3) is 2.79. The second-order valence-corrected chi connectivity index (χ2v) is 4.87. The first-order valence-electron chi connectivity index (χ1n) is 6.44. The average molecular weight is 243 g/mol. The lowest BCUT2D eigenvalue weighted by atomic mass is 9.96. The third-order valence-corrected chi connectivity index (χ3v) is 3.29. The predicted molar refractivity (Wildman–Crippen MR) is 74.4 cm³/mol. The van der Waals surface area contributed by atoms with Crippen LogP contribution >= 0.6 is 0 Å². The van der Waals surface area contributed by atoms with Crippen LogP contribution in [-0.4, -0.2) is 9.78 Å². The zero-order valence-corrected chi connectivity index (χ0v) is 11.4. The molecule has 1 atom stereocenters. The van der Waals surface area contributed by atoms with E-state index >= 15 is 0 Å². The Morgan fingerprint density at radius 3 is 2.72 bits per heavy atom. The molecule has 0 saturated carbocycles. The van der Waals surface area contributed by atoms with Crippen molar-refractivity contribution in [2.24, 2.45) is 5.73 Å². The standard InChI is InChI=1S/C15H21N3/c1-4-18-10-13(9-17-18)8-15(16)14-6-5-11(2)7-12(14)3/h5-7,9-10,15H,4,8,16H2,1-3H3. The molecule has 0 spiro atoms. The SMILES string of the molecule is CCn1cc(CC(N)c2ccc(C)cc2C)cn1. The molecule has 3 nitrogen and oxygen atoms in total. The smallest absolute Gasteiger partial charge is 0.0522 e. The van der Waals surface area contributed by atoms with Gasteiger partial charge in [0.15, 0.2) is 0 Å². The molecule has 0 amide bonds. The van der Waals surface area contributed by atoms with Crippen LogP contribution in [0.25, 0.3) is 0 Å². The monoisotopic (exact) mass is 243 g/mol. The minimum Gasteiger partial charge on any atom is -0.324 e. The Kier molecular flexibility index (Phi) is 3.82. The van der Waals surface area contributed by atoms with Crippen molar-refractivity contribution in [3.63, 3.8) is 0 Å². The predicted octanol–water partition coefficient (Wildman–Crippen LogP) is 2.76. The van der Waals surface area contributed by atoms with Crippen LogP contribution < -0.4 is 5.73 Å². The highest BCUT2D eigenvalue weighted by atomic mass is 15.3. The molecule has 2 rings (SSSR count).